The molecule has 0 bridgehead atoms. The van der Waals surface area contributed by atoms with Gasteiger partial charge in [-0.25, -0.2) is 0 Å². The van der Waals surface area contributed by atoms with Gasteiger partial charge in [-0.15, -0.1) is 0 Å². The van der Waals surface area contributed by atoms with Crippen molar-refractivity contribution in [3.05, 3.63) is 35.4 Å². The third kappa shape index (κ3) is 4.09. The first-order valence-corrected chi connectivity index (χ1v) is 8.36. The van der Waals surface area contributed by atoms with Gasteiger partial charge in [-0.05, 0) is 55.2 Å². The van der Waals surface area contributed by atoms with E-state index in [1.165, 1.54) is 43.2 Å². The lowest BCUT2D eigenvalue weighted by atomic mass is 9.77. The Morgan fingerprint density at radius 2 is 1.65 bits per heavy atom. The van der Waals surface area contributed by atoms with Gasteiger partial charge in [-0.1, -0.05) is 57.9 Å². The summed E-state index contributed by atoms with van der Waals surface area (Å²) in [5, 5.41) is 3.56. The number of rotatable bonds is 5. The fourth-order valence-electron chi connectivity index (χ4n) is 3.63. The predicted octanol–water partition coefficient (Wildman–Crippen LogP) is 4.97. The van der Waals surface area contributed by atoms with Gasteiger partial charge in [0.2, 0.25) is 0 Å². The minimum absolute atomic E-state index is 0.538. The van der Waals surface area contributed by atoms with Gasteiger partial charge in [0, 0.05) is 6.04 Å². The molecule has 1 unspecified atom stereocenters. The normalized spacial score (nSPS) is 24.9. The van der Waals surface area contributed by atoms with Crippen LogP contribution in [0.5, 0.6) is 0 Å². The van der Waals surface area contributed by atoms with E-state index in [0.29, 0.717) is 6.04 Å². The van der Waals surface area contributed by atoms with Crippen LogP contribution in [0.25, 0.3) is 0 Å². The first-order valence-electron chi connectivity index (χ1n) is 8.36. The molecule has 1 saturated carbocycles. The Kier molecular flexibility index (Phi) is 5.65. The van der Waals surface area contributed by atoms with E-state index < -0.39 is 0 Å². The summed E-state index contributed by atoms with van der Waals surface area (Å²) in [6.07, 6.45) is 6.73. The van der Waals surface area contributed by atoms with Crippen molar-refractivity contribution in [2.75, 3.05) is 7.05 Å². The van der Waals surface area contributed by atoms with E-state index in [4.69, 9.17) is 0 Å². The standard InChI is InChI=1S/C19H31N/c1-14(2)13-16-7-11-18(12-8-16)19(20-4)17-9-5-15(3)6-10-17/h7-8,11-12,14-15,17,19-20H,5-6,9-10,13H2,1-4H3. The summed E-state index contributed by atoms with van der Waals surface area (Å²) in [7, 11) is 2.12. The maximum atomic E-state index is 3.56. The second-order valence-corrected chi connectivity index (χ2v) is 7.13. The first-order chi connectivity index (χ1) is 9.60. The Balaban J connectivity index is 2.03. The zero-order valence-corrected chi connectivity index (χ0v) is 13.7. The van der Waals surface area contributed by atoms with Crippen molar-refractivity contribution < 1.29 is 0 Å². The lowest BCUT2D eigenvalue weighted by Crippen LogP contribution is -2.28. The summed E-state index contributed by atoms with van der Waals surface area (Å²) in [4.78, 5) is 0. The molecular formula is C19H31N. The Morgan fingerprint density at radius 1 is 1.05 bits per heavy atom. The molecule has 0 aliphatic heterocycles. The van der Waals surface area contributed by atoms with Gasteiger partial charge in [0.25, 0.3) is 0 Å². The van der Waals surface area contributed by atoms with Crippen molar-refractivity contribution in [1.29, 1.82) is 0 Å². The Bertz CT molecular complexity index is 385. The van der Waals surface area contributed by atoms with Gasteiger partial charge in [0.1, 0.15) is 0 Å². The van der Waals surface area contributed by atoms with Crippen molar-refractivity contribution >= 4 is 0 Å². The molecule has 0 amide bonds. The molecule has 1 heteroatoms. The molecule has 1 N–H and O–H groups in total. The topological polar surface area (TPSA) is 12.0 Å². The predicted molar refractivity (Wildman–Crippen MR) is 87.9 cm³/mol. The van der Waals surface area contributed by atoms with Gasteiger partial charge < -0.3 is 5.32 Å². The molecule has 0 spiro atoms. The minimum atomic E-state index is 0.538. The Morgan fingerprint density at radius 3 is 2.15 bits per heavy atom. The number of hydrogen-bond acceptors (Lipinski definition) is 1. The lowest BCUT2D eigenvalue weighted by molar-refractivity contribution is 0.238. The zero-order chi connectivity index (χ0) is 14.5. The Labute approximate surface area is 125 Å². The van der Waals surface area contributed by atoms with Crippen LogP contribution in [-0.2, 0) is 6.42 Å². The fraction of sp³-hybridized carbons (Fsp3) is 0.684. The van der Waals surface area contributed by atoms with Crippen LogP contribution in [0.2, 0.25) is 0 Å². The van der Waals surface area contributed by atoms with Crippen molar-refractivity contribution in [3.8, 4) is 0 Å². The second-order valence-electron chi connectivity index (χ2n) is 7.13. The molecule has 1 aliphatic rings. The summed E-state index contributed by atoms with van der Waals surface area (Å²) in [5.74, 6) is 2.48. The quantitative estimate of drug-likeness (QED) is 0.798. The van der Waals surface area contributed by atoms with E-state index in [1.54, 1.807) is 0 Å². The van der Waals surface area contributed by atoms with Crippen molar-refractivity contribution in [2.24, 2.45) is 17.8 Å². The van der Waals surface area contributed by atoms with Gasteiger partial charge in [0.15, 0.2) is 0 Å². The average molecular weight is 273 g/mol. The minimum Gasteiger partial charge on any atom is -0.313 e. The first kappa shape index (κ1) is 15.6. The van der Waals surface area contributed by atoms with Crippen LogP contribution < -0.4 is 5.32 Å². The molecule has 1 aliphatic carbocycles. The summed E-state index contributed by atoms with van der Waals surface area (Å²) < 4.78 is 0. The van der Waals surface area contributed by atoms with Crippen molar-refractivity contribution in [2.45, 2.75) is 58.9 Å². The van der Waals surface area contributed by atoms with Crippen LogP contribution in [0, 0.1) is 17.8 Å². The molecule has 1 aromatic rings. The zero-order valence-electron chi connectivity index (χ0n) is 13.7. The summed E-state index contributed by atoms with van der Waals surface area (Å²) in [5.41, 5.74) is 2.94. The van der Waals surface area contributed by atoms with E-state index >= 15 is 0 Å². The van der Waals surface area contributed by atoms with E-state index in [-0.39, 0.29) is 0 Å². The summed E-state index contributed by atoms with van der Waals surface area (Å²) in [6.45, 7) is 6.96. The third-order valence-electron chi connectivity index (χ3n) is 4.83. The largest absolute Gasteiger partial charge is 0.313 e. The monoisotopic (exact) mass is 273 g/mol. The van der Waals surface area contributed by atoms with Crippen molar-refractivity contribution in [3.63, 3.8) is 0 Å². The highest BCUT2D eigenvalue weighted by Crippen LogP contribution is 2.36. The summed E-state index contributed by atoms with van der Waals surface area (Å²) >= 11 is 0. The maximum Gasteiger partial charge on any atom is 0.0346 e. The highest BCUT2D eigenvalue weighted by Gasteiger charge is 2.26. The molecule has 1 fully saturated rings. The van der Waals surface area contributed by atoms with Crippen LogP contribution in [0.1, 0.15) is 63.6 Å². The van der Waals surface area contributed by atoms with Gasteiger partial charge >= 0.3 is 0 Å². The molecule has 1 aromatic carbocycles. The molecule has 2 rings (SSSR count). The highest BCUT2D eigenvalue weighted by molar-refractivity contribution is 5.26. The van der Waals surface area contributed by atoms with Crippen LogP contribution >= 0.6 is 0 Å². The molecule has 0 saturated heterocycles. The smallest absolute Gasteiger partial charge is 0.0346 e. The molecule has 0 heterocycles. The van der Waals surface area contributed by atoms with Gasteiger partial charge in [-0.2, -0.15) is 0 Å². The molecule has 1 atom stereocenters. The molecular weight excluding hydrogens is 242 g/mol. The van der Waals surface area contributed by atoms with Gasteiger partial charge in [0.05, 0.1) is 0 Å². The van der Waals surface area contributed by atoms with Crippen LogP contribution in [0.4, 0.5) is 0 Å². The molecule has 20 heavy (non-hydrogen) atoms. The van der Waals surface area contributed by atoms with Gasteiger partial charge in [-0.3, -0.25) is 0 Å². The SMILES string of the molecule is CNC(c1ccc(CC(C)C)cc1)C1CCC(C)CC1. The van der Waals surface area contributed by atoms with E-state index in [9.17, 15) is 0 Å². The maximum absolute atomic E-state index is 3.56. The van der Waals surface area contributed by atoms with Crippen LogP contribution in [0.3, 0.4) is 0 Å². The highest BCUT2D eigenvalue weighted by atomic mass is 14.9. The average Bonchev–Trinajstić information content (AvgIpc) is 2.43. The molecule has 0 aromatic heterocycles. The fourth-order valence-corrected chi connectivity index (χ4v) is 3.63. The number of benzene rings is 1. The molecule has 1 nitrogen and oxygen atoms in total. The lowest BCUT2D eigenvalue weighted by Gasteiger charge is -2.33. The van der Waals surface area contributed by atoms with Crippen LogP contribution in [-0.4, -0.2) is 7.05 Å². The number of nitrogens with one attached hydrogen (secondary N) is 1. The third-order valence-corrected chi connectivity index (χ3v) is 4.83. The van der Waals surface area contributed by atoms with E-state index in [2.05, 4.69) is 57.4 Å². The van der Waals surface area contributed by atoms with Crippen molar-refractivity contribution in [1.82, 2.24) is 5.32 Å². The Hall–Kier alpha value is -0.820. The number of hydrogen-bond donors (Lipinski definition) is 1. The second kappa shape index (κ2) is 7.26. The van der Waals surface area contributed by atoms with Crippen LogP contribution in [0.15, 0.2) is 24.3 Å². The van der Waals surface area contributed by atoms with E-state index in [0.717, 1.165) is 17.8 Å². The molecule has 112 valence electrons. The van der Waals surface area contributed by atoms with E-state index in [1.807, 2.05) is 0 Å². The summed E-state index contributed by atoms with van der Waals surface area (Å²) in [6, 6.07) is 9.87. The molecule has 0 radical (unpaired) electrons.